The van der Waals surface area contributed by atoms with Gasteiger partial charge in [0, 0.05) is 0 Å². The fourth-order valence-corrected chi connectivity index (χ4v) is 4.08. The van der Waals surface area contributed by atoms with Crippen LogP contribution < -0.4 is 0 Å². The van der Waals surface area contributed by atoms with Gasteiger partial charge >= 0.3 is 11.9 Å². The fourth-order valence-electron chi connectivity index (χ4n) is 3.13. The lowest BCUT2D eigenvalue weighted by molar-refractivity contribution is -0.206. The molecule has 8 heteroatoms. The number of rotatable bonds is 7. The number of esters is 2. The molecule has 1 fully saturated rings. The van der Waals surface area contributed by atoms with Crippen molar-refractivity contribution in [2.45, 2.75) is 36.8 Å². The molecule has 30 heavy (non-hydrogen) atoms. The second-order valence-electron chi connectivity index (χ2n) is 6.64. The Bertz CT molecular complexity index is 776. The zero-order valence-electron chi connectivity index (χ0n) is 16.4. The SMILES string of the molecule is CCS[C@@H]1O[C@H](CO)[C@@H](O)[C@H](OC(=O)c2ccccc2)[C@H]1OC(=O)c1ccccc1. The quantitative estimate of drug-likeness (QED) is 0.643. The molecule has 2 N–H and O–H groups in total. The van der Waals surface area contributed by atoms with Crippen molar-refractivity contribution in [3.8, 4) is 0 Å². The Hall–Kier alpha value is -2.39. The summed E-state index contributed by atoms with van der Waals surface area (Å²) in [6.07, 6.45) is -4.62. The molecule has 0 spiro atoms. The summed E-state index contributed by atoms with van der Waals surface area (Å²) in [5.41, 5.74) is -0.106. The first-order valence-corrected chi connectivity index (χ1v) is 10.7. The van der Waals surface area contributed by atoms with Crippen LogP contribution in [0, 0.1) is 0 Å². The standard InChI is InChI=1S/C22H24O7S/c1-2-30-22-19(29-21(26)15-11-7-4-8-12-15)18(17(24)16(13-23)27-22)28-20(25)14-9-5-3-6-10-14/h3-12,16-19,22-24H,2,13H2,1H3/t16-,17-,18+,19-,22+/m1/s1. The van der Waals surface area contributed by atoms with E-state index in [1.807, 2.05) is 6.92 Å². The van der Waals surface area contributed by atoms with Crippen LogP contribution in [-0.4, -0.2) is 64.4 Å². The Morgan fingerprint density at radius 1 is 0.933 bits per heavy atom. The van der Waals surface area contributed by atoms with Gasteiger partial charge in [-0.3, -0.25) is 0 Å². The van der Waals surface area contributed by atoms with E-state index in [1.165, 1.54) is 11.8 Å². The molecule has 2 aromatic rings. The van der Waals surface area contributed by atoms with Crippen LogP contribution in [0.15, 0.2) is 60.7 Å². The van der Waals surface area contributed by atoms with Crippen LogP contribution in [0.25, 0.3) is 0 Å². The number of thioether (sulfide) groups is 1. The molecule has 0 unspecified atom stereocenters. The van der Waals surface area contributed by atoms with Gasteiger partial charge in [0.15, 0.2) is 12.2 Å². The predicted octanol–water partition coefficient (Wildman–Crippen LogP) is 2.27. The largest absolute Gasteiger partial charge is 0.452 e. The maximum Gasteiger partial charge on any atom is 0.338 e. The molecule has 0 saturated carbocycles. The van der Waals surface area contributed by atoms with Crippen LogP contribution in [0.3, 0.4) is 0 Å². The minimum Gasteiger partial charge on any atom is -0.452 e. The van der Waals surface area contributed by atoms with E-state index in [9.17, 15) is 19.8 Å². The van der Waals surface area contributed by atoms with Gasteiger partial charge in [0.2, 0.25) is 0 Å². The molecule has 1 aliphatic rings. The van der Waals surface area contributed by atoms with E-state index < -0.39 is 48.4 Å². The van der Waals surface area contributed by atoms with Crippen LogP contribution in [0.2, 0.25) is 0 Å². The molecule has 7 nitrogen and oxygen atoms in total. The number of carbonyl (C=O) groups excluding carboxylic acids is 2. The summed E-state index contributed by atoms with van der Waals surface area (Å²) >= 11 is 1.33. The molecule has 0 bridgehead atoms. The Morgan fingerprint density at radius 3 is 1.90 bits per heavy atom. The average Bonchev–Trinajstić information content (AvgIpc) is 2.78. The minimum absolute atomic E-state index is 0.296. The lowest BCUT2D eigenvalue weighted by Crippen LogP contribution is -2.60. The maximum atomic E-state index is 12.7. The Kier molecular flexibility index (Phi) is 7.87. The van der Waals surface area contributed by atoms with Crippen LogP contribution in [-0.2, 0) is 14.2 Å². The van der Waals surface area contributed by atoms with Gasteiger partial charge in [-0.05, 0) is 30.0 Å². The van der Waals surface area contributed by atoms with Gasteiger partial charge in [-0.15, -0.1) is 11.8 Å². The maximum absolute atomic E-state index is 12.7. The van der Waals surface area contributed by atoms with E-state index in [4.69, 9.17) is 14.2 Å². The monoisotopic (exact) mass is 432 g/mol. The highest BCUT2D eigenvalue weighted by atomic mass is 32.2. The molecule has 0 aromatic heterocycles. The molecule has 1 saturated heterocycles. The Balaban J connectivity index is 1.87. The molecule has 1 heterocycles. The highest BCUT2D eigenvalue weighted by Gasteiger charge is 2.49. The van der Waals surface area contributed by atoms with E-state index in [0.717, 1.165) is 0 Å². The first-order chi connectivity index (χ1) is 14.5. The first kappa shape index (κ1) is 22.3. The number of aliphatic hydroxyl groups excluding tert-OH is 2. The normalized spacial score (nSPS) is 26.0. The van der Waals surface area contributed by atoms with Crippen LogP contribution >= 0.6 is 11.8 Å². The zero-order chi connectivity index (χ0) is 21.5. The highest BCUT2D eigenvalue weighted by molar-refractivity contribution is 7.99. The van der Waals surface area contributed by atoms with Gasteiger partial charge in [-0.1, -0.05) is 43.3 Å². The van der Waals surface area contributed by atoms with Gasteiger partial charge in [0.1, 0.15) is 17.6 Å². The molecule has 0 amide bonds. The summed E-state index contributed by atoms with van der Waals surface area (Å²) in [5, 5.41) is 20.3. The van der Waals surface area contributed by atoms with Gasteiger partial charge < -0.3 is 24.4 Å². The van der Waals surface area contributed by atoms with Gasteiger partial charge in [-0.2, -0.15) is 0 Å². The lowest BCUT2D eigenvalue weighted by Gasteiger charge is -2.42. The third-order valence-electron chi connectivity index (χ3n) is 4.63. The average molecular weight is 432 g/mol. The van der Waals surface area contributed by atoms with Crippen molar-refractivity contribution in [3.63, 3.8) is 0 Å². The number of ether oxygens (including phenoxy) is 3. The van der Waals surface area contributed by atoms with Crippen molar-refractivity contribution in [1.82, 2.24) is 0 Å². The third-order valence-corrected chi connectivity index (χ3v) is 5.68. The second-order valence-corrected chi connectivity index (χ2v) is 8.02. The summed E-state index contributed by atoms with van der Waals surface area (Å²) in [6, 6.07) is 16.7. The van der Waals surface area contributed by atoms with Crippen molar-refractivity contribution >= 4 is 23.7 Å². The third kappa shape index (κ3) is 5.20. The molecular weight excluding hydrogens is 408 g/mol. The van der Waals surface area contributed by atoms with Gasteiger partial charge in [0.05, 0.1) is 17.7 Å². The molecule has 5 atom stereocenters. The topological polar surface area (TPSA) is 102 Å². The molecule has 0 aliphatic carbocycles. The highest BCUT2D eigenvalue weighted by Crippen LogP contribution is 2.33. The Labute approximate surface area is 179 Å². The minimum atomic E-state index is -1.37. The summed E-state index contributed by atoms with van der Waals surface area (Å²) in [5.74, 6) is -0.668. The molecule has 3 rings (SSSR count). The molecule has 1 aliphatic heterocycles. The van der Waals surface area contributed by atoms with Crippen molar-refractivity contribution < 1.29 is 34.0 Å². The van der Waals surface area contributed by atoms with E-state index in [2.05, 4.69) is 0 Å². The summed E-state index contributed by atoms with van der Waals surface area (Å²) in [6.45, 7) is 1.43. The van der Waals surface area contributed by atoms with Gasteiger partial charge in [-0.25, -0.2) is 9.59 Å². The number of hydrogen-bond donors (Lipinski definition) is 2. The predicted molar refractivity (Wildman–Crippen MR) is 111 cm³/mol. The fraction of sp³-hybridized carbons (Fsp3) is 0.364. The smallest absolute Gasteiger partial charge is 0.338 e. The molecule has 160 valence electrons. The van der Waals surface area contributed by atoms with Crippen molar-refractivity contribution in [2.24, 2.45) is 0 Å². The number of benzene rings is 2. The van der Waals surface area contributed by atoms with Crippen molar-refractivity contribution in [3.05, 3.63) is 71.8 Å². The van der Waals surface area contributed by atoms with E-state index in [0.29, 0.717) is 16.9 Å². The second kappa shape index (κ2) is 10.6. The Morgan fingerprint density at radius 2 is 1.43 bits per heavy atom. The van der Waals surface area contributed by atoms with Crippen LogP contribution in [0.1, 0.15) is 27.6 Å². The summed E-state index contributed by atoms with van der Waals surface area (Å²) in [7, 11) is 0. The number of carbonyl (C=O) groups is 2. The van der Waals surface area contributed by atoms with E-state index in [-0.39, 0.29) is 0 Å². The molecule has 0 radical (unpaired) electrons. The van der Waals surface area contributed by atoms with Gasteiger partial charge in [0.25, 0.3) is 0 Å². The first-order valence-electron chi connectivity index (χ1n) is 9.63. The van der Waals surface area contributed by atoms with Crippen LogP contribution in [0.5, 0.6) is 0 Å². The van der Waals surface area contributed by atoms with E-state index in [1.54, 1.807) is 60.7 Å². The van der Waals surface area contributed by atoms with E-state index >= 15 is 0 Å². The number of hydrogen-bond acceptors (Lipinski definition) is 8. The molecular formula is C22H24O7S. The number of aliphatic hydroxyl groups is 2. The van der Waals surface area contributed by atoms with Crippen LogP contribution in [0.4, 0.5) is 0 Å². The zero-order valence-corrected chi connectivity index (χ0v) is 17.2. The summed E-state index contributed by atoms with van der Waals surface area (Å²) < 4.78 is 17.0. The van der Waals surface area contributed by atoms with Crippen molar-refractivity contribution in [1.29, 1.82) is 0 Å². The van der Waals surface area contributed by atoms with Crippen molar-refractivity contribution in [2.75, 3.05) is 12.4 Å². The lowest BCUT2D eigenvalue weighted by atomic mass is 9.99. The summed E-state index contributed by atoms with van der Waals surface area (Å²) in [4.78, 5) is 25.3. The molecule has 2 aromatic carbocycles.